The van der Waals surface area contributed by atoms with Crippen molar-refractivity contribution in [2.24, 2.45) is 0 Å². The highest BCUT2D eigenvalue weighted by Gasteiger charge is 2.91. The van der Waals surface area contributed by atoms with Crippen LogP contribution in [0.5, 0.6) is 0 Å². The first-order chi connectivity index (χ1) is 11.3. The third-order valence-corrected chi connectivity index (χ3v) is 2.65. The van der Waals surface area contributed by atoms with Crippen LogP contribution in [0.2, 0.25) is 0 Å². The summed E-state index contributed by atoms with van der Waals surface area (Å²) >= 11 is 0. The van der Waals surface area contributed by atoms with Gasteiger partial charge in [0.25, 0.3) is 0 Å². The maximum absolute atomic E-state index is 12.9. The molecule has 0 aromatic carbocycles. The fourth-order valence-corrected chi connectivity index (χ4v) is 1.17. The van der Waals surface area contributed by atoms with Crippen molar-refractivity contribution in [3.63, 3.8) is 0 Å². The van der Waals surface area contributed by atoms with Gasteiger partial charge in [-0.3, -0.25) is 0 Å². The SMILES string of the molecule is F/C(=C(/F)C(F)(F)C(F)(F)C(F)(F)C(F)(F)C(F)(F)C(F)(F)F)C(F)(F)F. The van der Waals surface area contributed by atoms with E-state index in [-0.39, 0.29) is 0 Å². The second kappa shape index (κ2) is 6.25. The van der Waals surface area contributed by atoms with Crippen LogP contribution < -0.4 is 0 Å². The zero-order chi connectivity index (χ0) is 22.7. The maximum atomic E-state index is 12.9. The van der Waals surface area contributed by atoms with E-state index in [4.69, 9.17) is 0 Å². The molecule has 0 fully saturated rings. The molecule has 0 aromatic heterocycles. The average molecular weight is 450 g/mol. The third-order valence-electron chi connectivity index (χ3n) is 2.65. The highest BCUT2D eigenvalue weighted by molar-refractivity contribution is 5.22. The molecule has 0 amide bonds. The first-order valence-electron chi connectivity index (χ1n) is 5.40. The number of rotatable bonds is 5. The summed E-state index contributed by atoms with van der Waals surface area (Å²) in [5, 5.41) is 0. The van der Waals surface area contributed by atoms with Crippen molar-refractivity contribution < 1.29 is 79.0 Å². The van der Waals surface area contributed by atoms with Gasteiger partial charge in [-0.15, -0.1) is 0 Å². The second-order valence-electron chi connectivity index (χ2n) is 4.50. The maximum Gasteiger partial charge on any atom is 0.460 e. The lowest BCUT2D eigenvalue weighted by Gasteiger charge is -2.39. The minimum Gasteiger partial charge on any atom is -0.202 e. The Bertz CT molecular complexity index is 585. The van der Waals surface area contributed by atoms with Crippen molar-refractivity contribution in [1.82, 2.24) is 0 Å². The van der Waals surface area contributed by atoms with Crippen molar-refractivity contribution in [2.45, 2.75) is 42.0 Å². The van der Waals surface area contributed by atoms with Crippen LogP contribution in [-0.2, 0) is 0 Å². The Morgan fingerprint density at radius 3 is 0.926 bits per heavy atom. The molecule has 0 unspecified atom stereocenters. The van der Waals surface area contributed by atoms with Gasteiger partial charge in [0.1, 0.15) is 0 Å². The average Bonchev–Trinajstić information content (AvgIpc) is 2.42. The van der Waals surface area contributed by atoms with Gasteiger partial charge in [-0.25, -0.2) is 4.39 Å². The first kappa shape index (κ1) is 25.5. The smallest absolute Gasteiger partial charge is 0.202 e. The molecule has 0 rings (SSSR count). The van der Waals surface area contributed by atoms with Crippen molar-refractivity contribution in [2.75, 3.05) is 0 Å². The molecule has 0 radical (unpaired) electrons. The van der Waals surface area contributed by atoms with Crippen molar-refractivity contribution in [3.05, 3.63) is 11.7 Å². The zero-order valence-corrected chi connectivity index (χ0v) is 11.3. The molecular formula is C9F18. The van der Waals surface area contributed by atoms with Gasteiger partial charge in [-0.2, -0.15) is 74.6 Å². The topological polar surface area (TPSA) is 0 Å². The molecule has 0 saturated heterocycles. The van der Waals surface area contributed by atoms with Crippen molar-refractivity contribution in [3.8, 4) is 0 Å². The standard InChI is InChI=1S/C9F18/c10-1(2(11)4(14,15)16)3(12,13)5(17,18)6(19,20)7(21,22)8(23,24)9(25,26)27/b2-1+. The molecule has 0 heterocycles. The largest absolute Gasteiger partial charge is 0.460 e. The van der Waals surface area contributed by atoms with Crippen LogP contribution in [0.4, 0.5) is 79.0 Å². The minimum atomic E-state index is -8.54. The van der Waals surface area contributed by atoms with Crippen LogP contribution >= 0.6 is 0 Å². The molecule has 162 valence electrons. The zero-order valence-electron chi connectivity index (χ0n) is 11.3. The van der Waals surface area contributed by atoms with Gasteiger partial charge in [0, 0.05) is 0 Å². The van der Waals surface area contributed by atoms with Crippen LogP contribution in [0.25, 0.3) is 0 Å². The molecule has 0 saturated carbocycles. The molecule has 0 bridgehead atoms. The fourth-order valence-electron chi connectivity index (χ4n) is 1.17. The Labute approximate surface area is 134 Å². The molecule has 0 spiro atoms. The lowest BCUT2D eigenvalue weighted by Crippen LogP contribution is -2.70. The summed E-state index contributed by atoms with van der Waals surface area (Å²) in [5.74, 6) is -51.5. The third kappa shape index (κ3) is 3.50. The summed E-state index contributed by atoms with van der Waals surface area (Å²) in [4.78, 5) is 0. The van der Waals surface area contributed by atoms with Crippen molar-refractivity contribution >= 4 is 0 Å². The van der Waals surface area contributed by atoms with Crippen LogP contribution in [0.15, 0.2) is 11.7 Å². The highest BCUT2D eigenvalue weighted by atomic mass is 19.4. The van der Waals surface area contributed by atoms with Gasteiger partial charge >= 0.3 is 42.0 Å². The lowest BCUT2D eigenvalue weighted by atomic mass is 9.93. The van der Waals surface area contributed by atoms with E-state index in [1.807, 2.05) is 0 Å². The molecule has 0 N–H and O–H groups in total. The lowest BCUT2D eigenvalue weighted by molar-refractivity contribution is -0.437. The van der Waals surface area contributed by atoms with Crippen molar-refractivity contribution in [1.29, 1.82) is 0 Å². The van der Waals surface area contributed by atoms with Crippen LogP contribution in [0.3, 0.4) is 0 Å². The quantitative estimate of drug-likeness (QED) is 0.424. The van der Waals surface area contributed by atoms with E-state index in [1.54, 1.807) is 0 Å². The first-order valence-corrected chi connectivity index (χ1v) is 5.40. The number of alkyl halides is 16. The van der Waals surface area contributed by atoms with Gasteiger partial charge in [-0.1, -0.05) is 0 Å². The summed E-state index contributed by atoms with van der Waals surface area (Å²) in [6.07, 6.45) is -14.7. The number of halogens is 18. The van der Waals surface area contributed by atoms with E-state index >= 15 is 0 Å². The monoisotopic (exact) mass is 450 g/mol. The molecule has 27 heavy (non-hydrogen) atoms. The van der Waals surface area contributed by atoms with Crippen LogP contribution in [0, 0.1) is 0 Å². The van der Waals surface area contributed by atoms with Crippen LogP contribution in [-0.4, -0.2) is 42.0 Å². The van der Waals surface area contributed by atoms with Gasteiger partial charge < -0.3 is 0 Å². The fraction of sp³-hybridized carbons (Fsp3) is 0.778. The molecule has 0 nitrogen and oxygen atoms in total. The summed E-state index contributed by atoms with van der Waals surface area (Å²) in [6.45, 7) is 0. The molecule has 0 aliphatic carbocycles. The molecule has 0 aliphatic rings. The number of allylic oxidation sites excluding steroid dienone is 2. The van der Waals surface area contributed by atoms with E-state index in [0.29, 0.717) is 0 Å². The van der Waals surface area contributed by atoms with Crippen LogP contribution in [0.1, 0.15) is 0 Å². The van der Waals surface area contributed by atoms with E-state index in [0.717, 1.165) is 0 Å². The Hall–Kier alpha value is -1.52. The Kier molecular flexibility index (Phi) is 5.90. The molecular weight excluding hydrogens is 450 g/mol. The van der Waals surface area contributed by atoms with Gasteiger partial charge in [0.2, 0.25) is 11.7 Å². The van der Waals surface area contributed by atoms with E-state index in [1.165, 1.54) is 0 Å². The number of hydrogen-bond donors (Lipinski definition) is 0. The Morgan fingerprint density at radius 1 is 0.370 bits per heavy atom. The van der Waals surface area contributed by atoms with Gasteiger partial charge in [0.05, 0.1) is 0 Å². The van der Waals surface area contributed by atoms with E-state index < -0.39 is 53.6 Å². The van der Waals surface area contributed by atoms with Gasteiger partial charge in [0.15, 0.2) is 0 Å². The Balaban J connectivity index is 6.66. The molecule has 18 heteroatoms. The second-order valence-corrected chi connectivity index (χ2v) is 4.50. The van der Waals surface area contributed by atoms with E-state index in [9.17, 15) is 79.0 Å². The van der Waals surface area contributed by atoms with E-state index in [2.05, 4.69) is 0 Å². The molecule has 0 atom stereocenters. The summed E-state index contributed by atoms with van der Waals surface area (Å²) in [5.41, 5.74) is 0. The highest BCUT2D eigenvalue weighted by Crippen LogP contribution is 2.61. The van der Waals surface area contributed by atoms with Gasteiger partial charge in [-0.05, 0) is 0 Å². The molecule has 0 aromatic rings. The predicted octanol–water partition coefficient (Wildman–Crippen LogP) is 6.44. The summed E-state index contributed by atoms with van der Waals surface area (Å²) in [7, 11) is 0. The molecule has 0 aliphatic heterocycles. The minimum absolute atomic E-state index is 4.85. The predicted molar refractivity (Wildman–Crippen MR) is 46.1 cm³/mol. The summed E-state index contributed by atoms with van der Waals surface area (Å²) < 4.78 is 222. The summed E-state index contributed by atoms with van der Waals surface area (Å²) in [6, 6.07) is 0. The normalized spacial score (nSPS) is 17.1. The number of hydrogen-bond acceptors (Lipinski definition) is 0. The Morgan fingerprint density at radius 2 is 0.667 bits per heavy atom.